The lowest BCUT2D eigenvalue weighted by Crippen LogP contribution is -2.20. The summed E-state index contributed by atoms with van der Waals surface area (Å²) < 4.78 is 13.1. The van der Waals surface area contributed by atoms with E-state index in [9.17, 15) is 19.1 Å². The number of hydrogen-bond acceptors (Lipinski definition) is 3. The quantitative estimate of drug-likeness (QED) is 0.606. The van der Waals surface area contributed by atoms with Gasteiger partial charge in [0.1, 0.15) is 5.82 Å². The molecule has 5 nitrogen and oxygen atoms in total. The fourth-order valence-electron chi connectivity index (χ4n) is 4.10. The van der Waals surface area contributed by atoms with Gasteiger partial charge in [-0.3, -0.25) is 4.79 Å². The number of nitrogens with zero attached hydrogens (tertiary/aromatic N) is 1. The van der Waals surface area contributed by atoms with Gasteiger partial charge in [0.05, 0.1) is 11.3 Å². The van der Waals surface area contributed by atoms with Gasteiger partial charge in [-0.1, -0.05) is 24.3 Å². The highest BCUT2D eigenvalue weighted by Gasteiger charge is 2.26. The van der Waals surface area contributed by atoms with Crippen molar-refractivity contribution in [2.24, 2.45) is 0 Å². The minimum absolute atomic E-state index is 0.0207. The van der Waals surface area contributed by atoms with Crippen LogP contribution in [0.1, 0.15) is 44.2 Å². The third-order valence-corrected chi connectivity index (χ3v) is 5.77. The highest BCUT2D eigenvalue weighted by Crippen LogP contribution is 2.34. The zero-order valence-electron chi connectivity index (χ0n) is 17.1. The highest BCUT2D eigenvalue weighted by atomic mass is 19.1. The number of aryl methyl sites for hydroxylation is 1. The summed E-state index contributed by atoms with van der Waals surface area (Å²) >= 11 is 0. The van der Waals surface area contributed by atoms with E-state index < -0.39 is 17.7 Å². The second-order valence-corrected chi connectivity index (χ2v) is 7.78. The van der Waals surface area contributed by atoms with Crippen molar-refractivity contribution in [3.63, 3.8) is 0 Å². The maximum absolute atomic E-state index is 13.1. The molecule has 31 heavy (non-hydrogen) atoms. The van der Waals surface area contributed by atoms with Crippen LogP contribution < -0.4 is 10.2 Å². The van der Waals surface area contributed by atoms with Crippen LogP contribution in [-0.2, 0) is 0 Å². The summed E-state index contributed by atoms with van der Waals surface area (Å²) in [6.45, 7) is 3.75. The van der Waals surface area contributed by atoms with Crippen LogP contribution in [0.2, 0.25) is 0 Å². The van der Waals surface area contributed by atoms with Crippen molar-refractivity contribution >= 4 is 23.3 Å². The van der Waals surface area contributed by atoms with Crippen molar-refractivity contribution in [2.75, 3.05) is 23.3 Å². The van der Waals surface area contributed by atoms with Gasteiger partial charge < -0.3 is 15.3 Å². The van der Waals surface area contributed by atoms with Gasteiger partial charge in [0.15, 0.2) is 0 Å². The molecule has 2 N–H and O–H groups in total. The Morgan fingerprint density at radius 2 is 1.81 bits per heavy atom. The van der Waals surface area contributed by atoms with Gasteiger partial charge >= 0.3 is 5.97 Å². The number of carboxylic acids is 1. The van der Waals surface area contributed by atoms with Crippen molar-refractivity contribution in [1.82, 2.24) is 0 Å². The van der Waals surface area contributed by atoms with Gasteiger partial charge in [0.2, 0.25) is 0 Å². The minimum Gasteiger partial charge on any atom is -0.478 e. The van der Waals surface area contributed by atoms with E-state index in [2.05, 4.69) is 29.3 Å². The Bertz CT molecular complexity index is 1130. The van der Waals surface area contributed by atoms with E-state index in [1.807, 2.05) is 18.2 Å². The molecule has 6 heteroatoms. The number of benzene rings is 3. The summed E-state index contributed by atoms with van der Waals surface area (Å²) in [5, 5.41) is 12.3. The number of rotatable bonds is 5. The van der Waals surface area contributed by atoms with E-state index in [4.69, 9.17) is 0 Å². The molecule has 1 saturated heterocycles. The number of hydrogen-bond donors (Lipinski definition) is 2. The number of amides is 1. The second kappa shape index (κ2) is 8.60. The largest absolute Gasteiger partial charge is 0.478 e. The van der Waals surface area contributed by atoms with Crippen LogP contribution >= 0.6 is 0 Å². The van der Waals surface area contributed by atoms with Crippen LogP contribution in [0.5, 0.6) is 0 Å². The standard InChI is InChI=1S/C25H23FN2O3/c1-16-4-2-3-5-21(16)18-12-13-28(15-18)20-10-11-23(22(14-20)25(30)31)27-24(29)17-6-8-19(26)9-7-17/h2-11,14,18H,12-13,15H2,1H3,(H,27,29)(H,30,31). The molecule has 0 bridgehead atoms. The Balaban J connectivity index is 1.54. The van der Waals surface area contributed by atoms with Gasteiger partial charge in [-0.05, 0) is 66.9 Å². The number of carboxylic acid groups (broad SMARTS) is 1. The van der Waals surface area contributed by atoms with Crippen LogP contribution in [0, 0.1) is 12.7 Å². The molecule has 3 aromatic rings. The van der Waals surface area contributed by atoms with Gasteiger partial charge in [-0.2, -0.15) is 0 Å². The Hall–Kier alpha value is -3.67. The monoisotopic (exact) mass is 418 g/mol. The van der Waals surface area contributed by atoms with Crippen molar-refractivity contribution in [3.8, 4) is 0 Å². The van der Waals surface area contributed by atoms with Crippen LogP contribution in [0.15, 0.2) is 66.7 Å². The lowest BCUT2D eigenvalue weighted by molar-refractivity contribution is 0.0698. The number of anilines is 2. The number of carbonyl (C=O) groups excluding carboxylic acids is 1. The molecule has 1 unspecified atom stereocenters. The summed E-state index contributed by atoms with van der Waals surface area (Å²) in [6.07, 6.45) is 0.996. The first kappa shape index (κ1) is 20.6. The van der Waals surface area contributed by atoms with Crippen molar-refractivity contribution in [2.45, 2.75) is 19.3 Å². The first-order valence-electron chi connectivity index (χ1n) is 10.2. The maximum atomic E-state index is 13.1. The van der Waals surface area contributed by atoms with E-state index in [1.54, 1.807) is 12.1 Å². The first-order valence-corrected chi connectivity index (χ1v) is 10.2. The van der Waals surface area contributed by atoms with Crippen LogP contribution in [-0.4, -0.2) is 30.1 Å². The van der Waals surface area contributed by atoms with E-state index in [-0.39, 0.29) is 16.8 Å². The molecule has 4 rings (SSSR count). The van der Waals surface area contributed by atoms with Crippen molar-refractivity contribution in [3.05, 3.63) is 94.8 Å². The number of carbonyl (C=O) groups is 2. The Morgan fingerprint density at radius 1 is 1.06 bits per heavy atom. The predicted molar refractivity (Wildman–Crippen MR) is 119 cm³/mol. The Morgan fingerprint density at radius 3 is 2.52 bits per heavy atom. The van der Waals surface area contributed by atoms with Crippen LogP contribution in [0.25, 0.3) is 0 Å². The predicted octanol–water partition coefficient (Wildman–Crippen LogP) is 5.08. The molecular weight excluding hydrogens is 395 g/mol. The molecule has 3 aromatic carbocycles. The zero-order valence-corrected chi connectivity index (χ0v) is 17.1. The molecule has 0 saturated carbocycles. The molecule has 0 radical (unpaired) electrons. The fourth-order valence-corrected chi connectivity index (χ4v) is 4.10. The second-order valence-electron chi connectivity index (χ2n) is 7.78. The summed E-state index contributed by atoms with van der Waals surface area (Å²) in [5.74, 6) is -1.66. The van der Waals surface area contributed by atoms with Crippen molar-refractivity contribution in [1.29, 1.82) is 0 Å². The summed E-state index contributed by atoms with van der Waals surface area (Å²) in [4.78, 5) is 26.5. The van der Waals surface area contributed by atoms with Gasteiger partial charge in [-0.15, -0.1) is 0 Å². The zero-order chi connectivity index (χ0) is 22.0. The third kappa shape index (κ3) is 4.43. The molecule has 1 aliphatic rings. The average Bonchev–Trinajstić information content (AvgIpc) is 3.24. The molecule has 1 atom stereocenters. The first-order chi connectivity index (χ1) is 14.9. The Labute approximate surface area is 180 Å². The fraction of sp³-hybridized carbons (Fsp3) is 0.200. The SMILES string of the molecule is Cc1ccccc1C1CCN(c2ccc(NC(=O)c3ccc(F)cc3)c(C(=O)O)c2)C1. The lowest BCUT2D eigenvalue weighted by atomic mass is 9.94. The van der Waals surface area contributed by atoms with Gasteiger partial charge in [0.25, 0.3) is 5.91 Å². The molecule has 0 aliphatic carbocycles. The molecule has 1 amide bonds. The highest BCUT2D eigenvalue weighted by molar-refractivity contribution is 6.08. The summed E-state index contributed by atoms with van der Waals surface area (Å²) in [5.41, 5.74) is 3.88. The molecule has 0 spiro atoms. The average molecular weight is 418 g/mol. The number of aromatic carboxylic acids is 1. The third-order valence-electron chi connectivity index (χ3n) is 5.77. The Kier molecular flexibility index (Phi) is 5.71. The molecule has 1 heterocycles. The minimum atomic E-state index is -1.12. The van der Waals surface area contributed by atoms with Gasteiger partial charge in [0, 0.05) is 30.3 Å². The summed E-state index contributed by atoms with van der Waals surface area (Å²) in [6, 6.07) is 18.5. The number of halogens is 1. The van der Waals surface area contributed by atoms with E-state index in [1.165, 1.54) is 35.4 Å². The van der Waals surface area contributed by atoms with Crippen LogP contribution in [0.4, 0.5) is 15.8 Å². The van der Waals surface area contributed by atoms with Crippen LogP contribution in [0.3, 0.4) is 0 Å². The molecule has 158 valence electrons. The normalized spacial score (nSPS) is 15.7. The number of nitrogens with one attached hydrogen (secondary N) is 1. The van der Waals surface area contributed by atoms with E-state index >= 15 is 0 Å². The molecule has 1 aliphatic heterocycles. The summed E-state index contributed by atoms with van der Waals surface area (Å²) in [7, 11) is 0. The topological polar surface area (TPSA) is 69.6 Å². The molecule has 0 aromatic heterocycles. The van der Waals surface area contributed by atoms with E-state index in [0.29, 0.717) is 5.92 Å². The van der Waals surface area contributed by atoms with Gasteiger partial charge in [-0.25, -0.2) is 9.18 Å². The molecule has 1 fully saturated rings. The maximum Gasteiger partial charge on any atom is 0.337 e. The van der Waals surface area contributed by atoms with E-state index in [0.717, 1.165) is 25.2 Å². The lowest BCUT2D eigenvalue weighted by Gasteiger charge is -2.21. The smallest absolute Gasteiger partial charge is 0.337 e. The molecular formula is C25H23FN2O3. The van der Waals surface area contributed by atoms with Crippen molar-refractivity contribution < 1.29 is 19.1 Å².